The summed E-state index contributed by atoms with van der Waals surface area (Å²) in [5.74, 6) is 0. The summed E-state index contributed by atoms with van der Waals surface area (Å²) < 4.78 is 0. The Morgan fingerprint density at radius 3 is 1.21 bits per heavy atom. The van der Waals surface area contributed by atoms with Crippen LogP contribution in [0.15, 0.2) is 58.5 Å². The van der Waals surface area contributed by atoms with E-state index in [1.807, 2.05) is 24.6 Å². The van der Waals surface area contributed by atoms with E-state index in [2.05, 4.69) is 64.1 Å². The first kappa shape index (κ1) is 39.8. The van der Waals surface area contributed by atoms with Gasteiger partial charge >= 0.3 is 0 Å². The monoisotopic (exact) mass is 643 g/mol. The molecule has 3 rings (SSSR count). The number of halogens is 4. The van der Waals surface area contributed by atoms with Crippen LogP contribution in [0.25, 0.3) is 0 Å². The van der Waals surface area contributed by atoms with Crippen LogP contribution in [0.2, 0.25) is 5.02 Å². The van der Waals surface area contributed by atoms with Gasteiger partial charge in [0.1, 0.15) is 0 Å². The van der Waals surface area contributed by atoms with Crippen LogP contribution in [0.4, 0.5) is 11.4 Å². The van der Waals surface area contributed by atoms with Gasteiger partial charge in [-0.05, 0) is 60.1 Å². The molecule has 0 atom stereocenters. The molecule has 0 fully saturated rings. The topological polar surface area (TPSA) is 37.6 Å². The van der Waals surface area contributed by atoms with Crippen molar-refractivity contribution in [2.75, 3.05) is 0 Å². The molecule has 8 heteroatoms. The number of aliphatic imine (C=N–C) groups is 2. The largest absolute Gasteiger partial charge is 1.00 e. The van der Waals surface area contributed by atoms with E-state index in [0.29, 0.717) is 5.02 Å². The number of benzene rings is 2. The second-order valence-electron chi connectivity index (χ2n) is 9.00. The van der Waals surface area contributed by atoms with Crippen LogP contribution in [-0.2, 0) is 44.2 Å². The summed E-state index contributed by atoms with van der Waals surface area (Å²) in [5.41, 5.74) is 8.77. The maximum atomic E-state index is 6.47. The van der Waals surface area contributed by atoms with E-state index >= 15 is 0 Å². The van der Waals surface area contributed by atoms with Crippen molar-refractivity contribution in [3.63, 3.8) is 0 Å². The zero-order chi connectivity index (χ0) is 25.0. The smallest absolute Gasteiger partial charge is 0.0835 e. The molecule has 0 N–H and O–H groups in total. The van der Waals surface area contributed by atoms with Gasteiger partial charge in [0, 0.05) is 23.6 Å². The van der Waals surface area contributed by atoms with Crippen LogP contribution >= 0.6 is 11.6 Å². The quantitative estimate of drug-likeness (QED) is 0.257. The van der Waals surface area contributed by atoms with Crippen molar-refractivity contribution in [2.24, 2.45) is 9.98 Å². The molecule has 39 heavy (non-hydrogen) atoms. The molecule has 0 saturated carbocycles. The predicted molar refractivity (Wildman–Crippen MR) is 153 cm³/mol. The van der Waals surface area contributed by atoms with Gasteiger partial charge in [0.15, 0.2) is 0 Å². The van der Waals surface area contributed by atoms with Crippen molar-refractivity contribution in [1.82, 2.24) is 4.98 Å². The van der Waals surface area contributed by atoms with E-state index < -0.39 is 0 Å². The molecule has 1 radical (unpaired) electrons. The van der Waals surface area contributed by atoms with Crippen LogP contribution in [-0.4, -0.2) is 17.4 Å². The second-order valence-corrected chi connectivity index (χ2v) is 9.44. The third-order valence-electron chi connectivity index (χ3n) is 5.97. The molecule has 1 heterocycles. The van der Waals surface area contributed by atoms with E-state index in [9.17, 15) is 0 Å². The normalized spacial score (nSPS) is 10.5. The van der Waals surface area contributed by atoms with Crippen molar-refractivity contribution in [3.8, 4) is 0 Å². The van der Waals surface area contributed by atoms with Gasteiger partial charge in [-0.3, -0.25) is 9.98 Å². The molecule has 3 nitrogen and oxygen atoms in total. The Morgan fingerprint density at radius 2 is 0.923 bits per heavy atom. The summed E-state index contributed by atoms with van der Waals surface area (Å²) in [7, 11) is 0. The molecule has 0 unspecified atom stereocenters. The molecule has 1 aromatic heterocycles. The fourth-order valence-corrected chi connectivity index (χ4v) is 4.66. The van der Waals surface area contributed by atoms with Crippen molar-refractivity contribution in [2.45, 2.75) is 79.1 Å². The van der Waals surface area contributed by atoms with Gasteiger partial charge in [-0.25, -0.2) is 4.98 Å². The number of rotatable bonds is 12. The molecule has 0 spiro atoms. The molecule has 3 aromatic rings. The van der Waals surface area contributed by atoms with Crippen LogP contribution in [0.3, 0.4) is 0 Å². The van der Waals surface area contributed by atoms with Crippen molar-refractivity contribution in [1.29, 1.82) is 0 Å². The second kappa shape index (κ2) is 21.4. The third kappa shape index (κ3) is 12.0. The predicted octanol–water partition coefficient (Wildman–Crippen LogP) is 0.0557. The number of hydrogen-bond acceptors (Lipinski definition) is 3. The Labute approximate surface area is 270 Å². The fourth-order valence-electron chi connectivity index (χ4n) is 4.44. The number of hydrogen-bond donors (Lipinski definition) is 0. The molecule has 0 amide bonds. The van der Waals surface area contributed by atoms with E-state index in [1.54, 1.807) is 0 Å². The van der Waals surface area contributed by atoms with Crippen molar-refractivity contribution in [3.05, 3.63) is 87.2 Å². The standard InChI is InChI=1S/C31H38ClN3.3ClH.V/c1-5-11-23-15-9-16-24(12-6-2)30(23)33-21-28-19-27(32)20-29(35-28)22-34-31-25(13-7-3)17-10-18-26(31)14-8-4;;;;/h9-10,15-22H,5-8,11-14H2,1-4H3;3*1H;/p-3. The Morgan fingerprint density at radius 1 is 0.615 bits per heavy atom. The summed E-state index contributed by atoms with van der Waals surface area (Å²) in [4.78, 5) is 14.6. The minimum Gasteiger partial charge on any atom is -1.00 e. The van der Waals surface area contributed by atoms with E-state index in [1.165, 1.54) is 22.3 Å². The van der Waals surface area contributed by atoms with Crippen LogP contribution in [0.1, 0.15) is 87.0 Å². The first-order valence-electron chi connectivity index (χ1n) is 13.1. The molecule has 0 aliphatic rings. The van der Waals surface area contributed by atoms with Gasteiger partial charge < -0.3 is 37.2 Å². The van der Waals surface area contributed by atoms with Crippen LogP contribution < -0.4 is 37.2 Å². The first-order valence-corrected chi connectivity index (χ1v) is 13.4. The summed E-state index contributed by atoms with van der Waals surface area (Å²) in [6.07, 6.45) is 12.1. The van der Waals surface area contributed by atoms with E-state index in [-0.39, 0.29) is 55.8 Å². The minimum absolute atomic E-state index is 0. The molecular weight excluding hydrogens is 607 g/mol. The maximum absolute atomic E-state index is 6.47. The average Bonchev–Trinajstić information content (AvgIpc) is 2.84. The van der Waals surface area contributed by atoms with Crippen LogP contribution in [0, 0.1) is 0 Å². The number of aryl methyl sites for hydroxylation is 4. The van der Waals surface area contributed by atoms with E-state index in [4.69, 9.17) is 26.6 Å². The van der Waals surface area contributed by atoms with Crippen molar-refractivity contribution >= 4 is 35.4 Å². The fraction of sp³-hybridized carbons (Fsp3) is 0.387. The molecule has 0 bridgehead atoms. The molecule has 2 aromatic carbocycles. The summed E-state index contributed by atoms with van der Waals surface area (Å²) in [6.45, 7) is 8.81. The first-order chi connectivity index (χ1) is 17.1. The number of pyridine rings is 1. The average molecular weight is 645 g/mol. The van der Waals surface area contributed by atoms with Crippen LogP contribution in [0.5, 0.6) is 0 Å². The molecule has 0 aliphatic carbocycles. The zero-order valence-corrected chi connectivity index (χ0v) is 27.7. The SMILES string of the molecule is CCCc1cccc(CCC)c1N=Cc1cc(Cl)cc(C=Nc2c(CCC)cccc2CCC)n1.[Cl-].[Cl-].[Cl-].[V]. The summed E-state index contributed by atoms with van der Waals surface area (Å²) in [5, 5.41) is 0.633. The Bertz CT molecular complexity index is 1050. The zero-order valence-electron chi connectivity index (χ0n) is 23.2. The molecule has 0 saturated heterocycles. The van der Waals surface area contributed by atoms with Gasteiger partial charge in [-0.1, -0.05) is 101 Å². The van der Waals surface area contributed by atoms with Gasteiger partial charge in [0.05, 0.1) is 35.2 Å². The van der Waals surface area contributed by atoms with Gasteiger partial charge in [0.2, 0.25) is 0 Å². The Hall–Kier alpha value is -1.33. The third-order valence-corrected chi connectivity index (χ3v) is 6.18. The molecule has 0 aliphatic heterocycles. The van der Waals surface area contributed by atoms with Crippen molar-refractivity contribution < 1.29 is 55.8 Å². The summed E-state index contributed by atoms with van der Waals surface area (Å²) >= 11 is 6.47. The number of nitrogens with zero attached hydrogens (tertiary/aromatic N) is 3. The minimum atomic E-state index is 0. The van der Waals surface area contributed by atoms with E-state index in [0.717, 1.165) is 74.1 Å². The maximum Gasteiger partial charge on any atom is 0.0835 e. The summed E-state index contributed by atoms with van der Waals surface area (Å²) in [6, 6.07) is 16.7. The van der Waals surface area contributed by atoms with Gasteiger partial charge in [-0.15, -0.1) is 0 Å². The molecule has 213 valence electrons. The van der Waals surface area contributed by atoms with Gasteiger partial charge in [-0.2, -0.15) is 0 Å². The Balaban J connectivity index is 0. The Kier molecular flexibility index (Phi) is 21.9. The molecular formula is C31H38Cl4N3V-3. The number of aromatic nitrogens is 1. The van der Waals surface area contributed by atoms with Gasteiger partial charge in [0.25, 0.3) is 0 Å². The number of para-hydroxylation sites is 2.